The Labute approximate surface area is 256 Å². The molecule has 2 aliphatic heterocycles. The van der Waals surface area contributed by atoms with Crippen LogP contribution in [0.1, 0.15) is 77.7 Å². The van der Waals surface area contributed by atoms with Crippen LogP contribution in [0.15, 0.2) is 47.8 Å². The van der Waals surface area contributed by atoms with Crippen molar-refractivity contribution in [3.63, 3.8) is 0 Å². The molecule has 0 radical (unpaired) electrons. The largest absolute Gasteiger partial charge is 0.494 e. The van der Waals surface area contributed by atoms with Crippen molar-refractivity contribution in [2.24, 2.45) is 5.41 Å². The summed E-state index contributed by atoms with van der Waals surface area (Å²) in [6.07, 6.45) is 7.91. The number of carbonyl (C=O) groups is 1. The molecule has 0 bridgehead atoms. The smallest absolute Gasteiger partial charge is 0.229 e. The molecule has 1 unspecified atom stereocenters. The third-order valence-corrected chi connectivity index (χ3v) is 10.0. The number of aliphatic hydroxyl groups excluding tert-OH is 1. The Hall–Kier alpha value is -2.61. The Kier molecular flexibility index (Phi) is 10.5. The molecule has 0 saturated carbocycles. The van der Waals surface area contributed by atoms with Crippen molar-refractivity contribution in [2.45, 2.75) is 84.8 Å². The zero-order valence-electron chi connectivity index (χ0n) is 25.8. The van der Waals surface area contributed by atoms with E-state index in [-0.39, 0.29) is 11.3 Å². The molecule has 2 aromatic carbocycles. The maximum absolute atomic E-state index is 13.0. The van der Waals surface area contributed by atoms with E-state index in [0.29, 0.717) is 19.4 Å². The zero-order chi connectivity index (χ0) is 29.5. The van der Waals surface area contributed by atoms with E-state index in [1.165, 1.54) is 28.6 Å². The highest BCUT2D eigenvalue weighted by Crippen LogP contribution is 2.39. The quantitative estimate of drug-likeness (QED) is 0.197. The zero-order valence-corrected chi connectivity index (χ0v) is 26.6. The number of hydrogen-bond acceptors (Lipinski definition) is 6. The Morgan fingerprint density at radius 3 is 2.60 bits per heavy atom. The highest BCUT2D eigenvalue weighted by Gasteiger charge is 2.38. The van der Waals surface area contributed by atoms with Crippen LogP contribution in [0.3, 0.4) is 0 Å². The van der Waals surface area contributed by atoms with Gasteiger partial charge in [0, 0.05) is 59.9 Å². The molecule has 7 heteroatoms. The number of aliphatic hydroxyl groups is 1. The number of unbranched alkanes of at least 4 members (excludes halogenated alkanes) is 4. The summed E-state index contributed by atoms with van der Waals surface area (Å²) in [5, 5.41) is 15.0. The molecule has 0 spiro atoms. The van der Waals surface area contributed by atoms with Gasteiger partial charge >= 0.3 is 0 Å². The van der Waals surface area contributed by atoms with Crippen molar-refractivity contribution >= 4 is 38.7 Å². The average Bonchev–Trinajstić information content (AvgIpc) is 3.48. The second kappa shape index (κ2) is 14.2. The number of hydrogen-bond donors (Lipinski definition) is 1. The van der Waals surface area contributed by atoms with Crippen molar-refractivity contribution < 1.29 is 14.6 Å². The molecular weight excluding hydrogens is 542 g/mol. The van der Waals surface area contributed by atoms with Gasteiger partial charge in [0.1, 0.15) is 12.0 Å². The van der Waals surface area contributed by atoms with Crippen molar-refractivity contribution in [1.82, 2.24) is 4.90 Å². The summed E-state index contributed by atoms with van der Waals surface area (Å²) in [6.45, 7) is 12.4. The number of nitrogens with zero attached hydrogens (tertiary/aromatic N) is 3. The number of ether oxygens (including phenoxy) is 1. The van der Waals surface area contributed by atoms with Crippen molar-refractivity contribution in [1.29, 1.82) is 0 Å². The molecular formula is C35H49N3O3S. The van der Waals surface area contributed by atoms with Gasteiger partial charge in [0.2, 0.25) is 5.91 Å². The van der Waals surface area contributed by atoms with Gasteiger partial charge < -0.3 is 14.7 Å². The third-order valence-electron chi connectivity index (χ3n) is 9.13. The van der Waals surface area contributed by atoms with Crippen LogP contribution in [0.4, 0.5) is 11.4 Å². The van der Waals surface area contributed by atoms with Gasteiger partial charge in [-0.15, -0.1) is 11.3 Å². The molecule has 1 saturated heterocycles. The number of rotatable bonds is 14. The Morgan fingerprint density at radius 2 is 1.79 bits per heavy atom. The van der Waals surface area contributed by atoms with E-state index in [9.17, 15) is 9.90 Å². The molecule has 1 amide bonds. The predicted molar refractivity (Wildman–Crippen MR) is 176 cm³/mol. The van der Waals surface area contributed by atoms with Crippen molar-refractivity contribution in [2.75, 3.05) is 49.1 Å². The highest BCUT2D eigenvalue weighted by atomic mass is 32.1. The van der Waals surface area contributed by atoms with Crippen LogP contribution in [-0.4, -0.2) is 61.5 Å². The van der Waals surface area contributed by atoms with E-state index in [0.717, 1.165) is 81.8 Å². The molecule has 42 heavy (non-hydrogen) atoms. The van der Waals surface area contributed by atoms with Crippen LogP contribution < -0.4 is 14.5 Å². The first kappa shape index (κ1) is 30.8. The van der Waals surface area contributed by atoms with E-state index in [1.807, 2.05) is 23.5 Å². The van der Waals surface area contributed by atoms with Crippen LogP contribution in [0.5, 0.6) is 5.75 Å². The number of fused-ring (bicyclic) bond motifs is 2. The number of amides is 1. The third kappa shape index (κ3) is 7.29. The van der Waals surface area contributed by atoms with E-state index >= 15 is 0 Å². The fourth-order valence-corrected chi connectivity index (χ4v) is 7.22. The number of thiophene rings is 1. The van der Waals surface area contributed by atoms with Gasteiger partial charge in [0.05, 0.1) is 12.3 Å². The maximum Gasteiger partial charge on any atom is 0.229 e. The SMILES string of the molecule is CCCCCCC(C)(C)C(O)N1C(=O)CCc2ccc(OCCCCN3CCN(c4cccc5sccc45)CC3)cc21. The standard InChI is InChI=1S/C35H49N3O3S/c1-4-5-6-7-18-35(2,3)34(40)38-31-26-28(15-13-27(31)14-16-33(38)39)41-24-9-8-19-36-20-22-37(23-21-36)30-11-10-12-32-29(30)17-25-42-32/h10-13,15,17,25-26,34,40H,4-9,14,16,18-24H2,1-3H3. The molecule has 3 aromatic rings. The number of anilines is 2. The van der Waals surface area contributed by atoms with Gasteiger partial charge in [0.25, 0.3) is 0 Å². The molecule has 2 aliphatic rings. The van der Waals surface area contributed by atoms with E-state index < -0.39 is 6.23 Å². The van der Waals surface area contributed by atoms with E-state index in [4.69, 9.17) is 4.74 Å². The summed E-state index contributed by atoms with van der Waals surface area (Å²) in [7, 11) is 0. The van der Waals surface area contributed by atoms with E-state index in [2.05, 4.69) is 66.3 Å². The van der Waals surface area contributed by atoms with Gasteiger partial charge in [-0.3, -0.25) is 14.6 Å². The summed E-state index contributed by atoms with van der Waals surface area (Å²) < 4.78 is 7.53. The van der Waals surface area contributed by atoms with Gasteiger partial charge in [-0.1, -0.05) is 58.6 Å². The van der Waals surface area contributed by atoms with E-state index in [1.54, 1.807) is 4.90 Å². The second-order valence-electron chi connectivity index (χ2n) is 12.7. The van der Waals surface area contributed by atoms with Crippen LogP contribution in [0.25, 0.3) is 10.1 Å². The van der Waals surface area contributed by atoms with Crippen LogP contribution in [0, 0.1) is 5.41 Å². The minimum absolute atomic E-state index is 0.000819. The first-order chi connectivity index (χ1) is 20.4. The van der Waals surface area contributed by atoms with Gasteiger partial charge in [0.15, 0.2) is 0 Å². The van der Waals surface area contributed by atoms with Gasteiger partial charge in [-0.05, 0) is 67.4 Å². The summed E-state index contributed by atoms with van der Waals surface area (Å²) in [5.74, 6) is 0.776. The molecule has 228 valence electrons. The van der Waals surface area contributed by atoms with Crippen molar-refractivity contribution in [3.05, 3.63) is 53.4 Å². The van der Waals surface area contributed by atoms with Crippen LogP contribution in [0.2, 0.25) is 0 Å². The molecule has 3 heterocycles. The molecule has 1 fully saturated rings. The average molecular weight is 592 g/mol. The van der Waals surface area contributed by atoms with Gasteiger partial charge in [-0.25, -0.2) is 0 Å². The Balaban J connectivity index is 1.08. The van der Waals surface area contributed by atoms with Crippen molar-refractivity contribution in [3.8, 4) is 5.75 Å². The number of benzene rings is 2. The summed E-state index contributed by atoms with van der Waals surface area (Å²) in [4.78, 5) is 19.8. The Morgan fingerprint density at radius 1 is 0.952 bits per heavy atom. The maximum atomic E-state index is 13.0. The monoisotopic (exact) mass is 591 g/mol. The molecule has 0 aliphatic carbocycles. The van der Waals surface area contributed by atoms with Gasteiger partial charge in [-0.2, -0.15) is 0 Å². The second-order valence-corrected chi connectivity index (χ2v) is 13.7. The predicted octanol–water partition coefficient (Wildman–Crippen LogP) is 7.48. The fraction of sp³-hybridized carbons (Fsp3) is 0.571. The molecule has 1 N–H and O–H groups in total. The normalized spacial score (nSPS) is 17.1. The lowest BCUT2D eigenvalue weighted by molar-refractivity contribution is -0.122. The first-order valence-corrected chi connectivity index (χ1v) is 16.9. The lowest BCUT2D eigenvalue weighted by Gasteiger charge is -2.41. The first-order valence-electron chi connectivity index (χ1n) is 16.1. The molecule has 1 aromatic heterocycles. The van der Waals surface area contributed by atoms with Crippen LogP contribution in [-0.2, 0) is 11.2 Å². The summed E-state index contributed by atoms with van der Waals surface area (Å²) in [6, 6.07) is 14.9. The minimum Gasteiger partial charge on any atom is -0.494 e. The number of aryl methyl sites for hydroxylation is 1. The summed E-state index contributed by atoms with van der Waals surface area (Å²) in [5.41, 5.74) is 2.92. The van der Waals surface area contributed by atoms with Crippen LogP contribution >= 0.6 is 11.3 Å². The topological polar surface area (TPSA) is 56.2 Å². The number of carbonyl (C=O) groups excluding carboxylic acids is 1. The molecule has 6 nitrogen and oxygen atoms in total. The molecule has 1 atom stereocenters. The highest BCUT2D eigenvalue weighted by molar-refractivity contribution is 7.17. The lowest BCUT2D eigenvalue weighted by atomic mass is 9.83. The number of piperazine rings is 1. The molecule has 5 rings (SSSR count). The minimum atomic E-state index is -0.848. The fourth-order valence-electron chi connectivity index (χ4n) is 6.41. The lowest BCUT2D eigenvalue weighted by Crippen LogP contribution is -2.50. The summed E-state index contributed by atoms with van der Waals surface area (Å²) >= 11 is 1.82. The Bertz CT molecular complexity index is 1310.